The van der Waals surface area contributed by atoms with Crippen LogP contribution in [0.4, 0.5) is 10.1 Å². The summed E-state index contributed by atoms with van der Waals surface area (Å²) < 4.78 is 16.4. The smallest absolute Gasteiger partial charge is 0.164 e. The number of benzene rings is 1. The molecule has 1 saturated carbocycles. The van der Waals surface area contributed by atoms with Gasteiger partial charge in [0.2, 0.25) is 0 Å². The molecule has 1 aliphatic heterocycles. The van der Waals surface area contributed by atoms with Crippen LogP contribution in [-0.2, 0) is 0 Å². The Morgan fingerprint density at radius 3 is 2.70 bits per heavy atom. The molecule has 3 heterocycles. The Hall–Kier alpha value is -3.28. The van der Waals surface area contributed by atoms with Crippen LogP contribution in [0.1, 0.15) is 24.4 Å². The first-order chi connectivity index (χ1) is 13.3. The van der Waals surface area contributed by atoms with E-state index < -0.39 is 0 Å². The summed E-state index contributed by atoms with van der Waals surface area (Å²) in [5, 5.41) is 8.38. The highest BCUT2D eigenvalue weighted by molar-refractivity contribution is 5.76. The quantitative estimate of drug-likeness (QED) is 0.693. The van der Waals surface area contributed by atoms with Crippen molar-refractivity contribution in [3.05, 3.63) is 78.8 Å². The van der Waals surface area contributed by atoms with Crippen LogP contribution in [0.15, 0.2) is 73.2 Å². The standard InChI is InChI=1S/C21H18FN5/c22-18-10-17(15-6-8-23-9-7-15)12-26(13-18)20-3-1-2-16(11-20)21-25-24-14-27(21)19-4-5-19/h1-3,6-11,13-14,19H,4-5,12H2. The van der Waals surface area contributed by atoms with Crippen molar-refractivity contribution in [3.63, 3.8) is 0 Å². The second-order valence-electron chi connectivity index (χ2n) is 6.89. The van der Waals surface area contributed by atoms with Crippen LogP contribution in [0.3, 0.4) is 0 Å². The second kappa shape index (κ2) is 6.46. The molecule has 0 saturated heterocycles. The van der Waals surface area contributed by atoms with E-state index >= 15 is 0 Å². The number of hydrogen-bond donors (Lipinski definition) is 0. The number of rotatable bonds is 4. The number of hydrogen-bond acceptors (Lipinski definition) is 4. The molecule has 2 aromatic heterocycles. The van der Waals surface area contributed by atoms with E-state index in [-0.39, 0.29) is 5.83 Å². The molecular weight excluding hydrogens is 341 g/mol. The molecular formula is C21H18FN5. The minimum Gasteiger partial charge on any atom is -0.341 e. The molecule has 27 heavy (non-hydrogen) atoms. The monoisotopic (exact) mass is 359 g/mol. The van der Waals surface area contributed by atoms with Crippen LogP contribution >= 0.6 is 0 Å². The summed E-state index contributed by atoms with van der Waals surface area (Å²) in [7, 11) is 0. The SMILES string of the molecule is FC1=CN(c2cccc(-c3nncn3C3CC3)c2)CC(c2ccncc2)=C1. The van der Waals surface area contributed by atoms with Crippen LogP contribution < -0.4 is 4.90 Å². The Morgan fingerprint density at radius 1 is 1.04 bits per heavy atom. The van der Waals surface area contributed by atoms with Gasteiger partial charge in [-0.2, -0.15) is 0 Å². The molecule has 5 nitrogen and oxygen atoms in total. The molecule has 134 valence electrons. The van der Waals surface area contributed by atoms with Gasteiger partial charge < -0.3 is 9.47 Å². The summed E-state index contributed by atoms with van der Waals surface area (Å²) in [6.07, 6.45) is 10.7. The van der Waals surface area contributed by atoms with E-state index in [0.717, 1.165) is 28.2 Å². The van der Waals surface area contributed by atoms with Crippen LogP contribution in [0, 0.1) is 0 Å². The van der Waals surface area contributed by atoms with Gasteiger partial charge in [-0.1, -0.05) is 12.1 Å². The Balaban J connectivity index is 1.47. The Bertz CT molecular complexity index is 1030. The molecule has 1 aromatic carbocycles. The molecule has 2 aliphatic rings. The van der Waals surface area contributed by atoms with Crippen molar-refractivity contribution in [3.8, 4) is 11.4 Å². The predicted molar refractivity (Wildman–Crippen MR) is 102 cm³/mol. The summed E-state index contributed by atoms with van der Waals surface area (Å²) >= 11 is 0. The molecule has 1 fully saturated rings. The van der Waals surface area contributed by atoms with Crippen molar-refractivity contribution < 1.29 is 4.39 Å². The lowest BCUT2D eigenvalue weighted by molar-refractivity contribution is 0.656. The van der Waals surface area contributed by atoms with Gasteiger partial charge in [-0.25, -0.2) is 4.39 Å². The van der Waals surface area contributed by atoms with Gasteiger partial charge in [0.25, 0.3) is 0 Å². The Morgan fingerprint density at radius 2 is 1.89 bits per heavy atom. The van der Waals surface area contributed by atoms with Gasteiger partial charge in [0.15, 0.2) is 5.82 Å². The van der Waals surface area contributed by atoms with Crippen LogP contribution in [0.25, 0.3) is 17.0 Å². The van der Waals surface area contributed by atoms with Crippen LogP contribution in [0.2, 0.25) is 0 Å². The highest BCUT2D eigenvalue weighted by atomic mass is 19.1. The van der Waals surface area contributed by atoms with E-state index in [9.17, 15) is 4.39 Å². The van der Waals surface area contributed by atoms with Gasteiger partial charge in [-0.3, -0.25) is 4.98 Å². The Kier molecular flexibility index (Phi) is 3.81. The normalized spacial score (nSPS) is 16.9. The minimum absolute atomic E-state index is 0.264. The Labute approximate surface area is 156 Å². The summed E-state index contributed by atoms with van der Waals surface area (Å²) in [6.45, 7) is 0.593. The summed E-state index contributed by atoms with van der Waals surface area (Å²) in [5.41, 5.74) is 3.81. The molecule has 0 atom stereocenters. The number of aromatic nitrogens is 4. The molecule has 0 N–H and O–H groups in total. The summed E-state index contributed by atoms with van der Waals surface area (Å²) in [4.78, 5) is 5.96. The molecule has 0 amide bonds. The van der Waals surface area contributed by atoms with E-state index in [1.165, 1.54) is 19.0 Å². The fourth-order valence-corrected chi connectivity index (χ4v) is 3.43. The maximum absolute atomic E-state index is 14.3. The number of nitrogens with zero attached hydrogens (tertiary/aromatic N) is 5. The zero-order chi connectivity index (χ0) is 18.2. The number of halogens is 1. The molecule has 3 aromatic rings. The molecule has 0 unspecified atom stereocenters. The first-order valence-electron chi connectivity index (χ1n) is 9.03. The van der Waals surface area contributed by atoms with Crippen molar-refractivity contribution in [2.75, 3.05) is 11.4 Å². The van der Waals surface area contributed by atoms with Crippen LogP contribution in [-0.4, -0.2) is 26.3 Å². The van der Waals surface area contributed by atoms with E-state index in [0.29, 0.717) is 12.6 Å². The highest BCUT2D eigenvalue weighted by Gasteiger charge is 2.26. The van der Waals surface area contributed by atoms with Gasteiger partial charge in [-0.15, -0.1) is 10.2 Å². The first-order valence-corrected chi connectivity index (χ1v) is 9.03. The van der Waals surface area contributed by atoms with Crippen molar-refractivity contribution in [2.45, 2.75) is 18.9 Å². The van der Waals surface area contributed by atoms with Gasteiger partial charge in [-0.05, 0) is 54.3 Å². The summed E-state index contributed by atoms with van der Waals surface area (Å²) in [6, 6.07) is 12.3. The van der Waals surface area contributed by atoms with E-state index in [1.807, 2.05) is 41.3 Å². The van der Waals surface area contributed by atoms with E-state index in [2.05, 4.69) is 19.7 Å². The van der Waals surface area contributed by atoms with Gasteiger partial charge in [0, 0.05) is 42.4 Å². The molecule has 0 bridgehead atoms. The third-order valence-corrected chi connectivity index (χ3v) is 4.93. The second-order valence-corrected chi connectivity index (χ2v) is 6.89. The average Bonchev–Trinajstić information content (AvgIpc) is 3.44. The molecule has 0 radical (unpaired) electrons. The van der Waals surface area contributed by atoms with Crippen molar-refractivity contribution >= 4 is 11.3 Å². The third kappa shape index (κ3) is 3.14. The average molecular weight is 359 g/mol. The highest BCUT2D eigenvalue weighted by Crippen LogP contribution is 2.38. The number of allylic oxidation sites excluding steroid dienone is 2. The fourth-order valence-electron chi connectivity index (χ4n) is 3.43. The minimum atomic E-state index is -0.264. The van der Waals surface area contributed by atoms with E-state index in [4.69, 9.17) is 0 Å². The lowest BCUT2D eigenvalue weighted by atomic mass is 10.0. The zero-order valence-electron chi connectivity index (χ0n) is 14.7. The number of anilines is 1. The predicted octanol–water partition coefficient (Wildman–Crippen LogP) is 4.39. The van der Waals surface area contributed by atoms with Crippen LogP contribution in [0.5, 0.6) is 0 Å². The largest absolute Gasteiger partial charge is 0.341 e. The third-order valence-electron chi connectivity index (χ3n) is 4.93. The topological polar surface area (TPSA) is 46.8 Å². The maximum atomic E-state index is 14.3. The molecule has 0 spiro atoms. The van der Waals surface area contributed by atoms with E-state index in [1.54, 1.807) is 24.8 Å². The molecule has 5 rings (SSSR count). The van der Waals surface area contributed by atoms with Crippen molar-refractivity contribution in [1.82, 2.24) is 19.7 Å². The number of pyridine rings is 1. The molecule has 1 aliphatic carbocycles. The molecule has 6 heteroatoms. The lowest BCUT2D eigenvalue weighted by Crippen LogP contribution is -2.22. The van der Waals surface area contributed by atoms with Gasteiger partial charge >= 0.3 is 0 Å². The summed E-state index contributed by atoms with van der Waals surface area (Å²) in [5.74, 6) is 0.602. The first kappa shape index (κ1) is 15.9. The van der Waals surface area contributed by atoms with Crippen molar-refractivity contribution in [2.24, 2.45) is 0 Å². The maximum Gasteiger partial charge on any atom is 0.164 e. The van der Waals surface area contributed by atoms with Crippen molar-refractivity contribution in [1.29, 1.82) is 0 Å². The fraction of sp³-hybridized carbons (Fsp3) is 0.190. The van der Waals surface area contributed by atoms with Gasteiger partial charge in [0.1, 0.15) is 12.2 Å². The van der Waals surface area contributed by atoms with Gasteiger partial charge in [0.05, 0.1) is 0 Å². The lowest BCUT2D eigenvalue weighted by Gasteiger charge is -2.26. The zero-order valence-corrected chi connectivity index (χ0v) is 14.7.